The number of carbonyl (C=O) groups excluding carboxylic acids is 2. The van der Waals surface area contributed by atoms with E-state index in [1.165, 1.54) is 75.7 Å². The van der Waals surface area contributed by atoms with Crippen molar-refractivity contribution >= 4 is 47.7 Å². The maximum Gasteiger partial charge on any atom is 0.302 e. The summed E-state index contributed by atoms with van der Waals surface area (Å²) in [7, 11) is 0. The first-order valence-corrected chi connectivity index (χ1v) is 17.5. The minimum Gasteiger partial charge on any atom is -0.466 e. The van der Waals surface area contributed by atoms with Crippen LogP contribution in [0.15, 0.2) is 39.1 Å². The molecule has 0 spiro atoms. The van der Waals surface area contributed by atoms with Crippen molar-refractivity contribution in [2.24, 2.45) is 0 Å². The third-order valence-electron chi connectivity index (χ3n) is 6.52. The number of esters is 2. The lowest BCUT2D eigenvalue weighted by Gasteiger charge is -2.05. The predicted octanol–water partition coefficient (Wildman–Crippen LogP) is 8.73. The lowest BCUT2D eigenvalue weighted by atomic mass is 10.1. The van der Waals surface area contributed by atoms with Gasteiger partial charge in [-0.1, -0.05) is 63.6 Å². The SMILES string of the molecule is CC(=O)OCCCCCCCCSc1cc[nH]c(=O)c1C.CC(=O)OCCCCCCCCSc1cc[nH]c(=S)c1C. The number of nitrogens with one attached hydrogen (secondary N) is 2. The summed E-state index contributed by atoms with van der Waals surface area (Å²) < 4.78 is 10.6. The first-order valence-electron chi connectivity index (χ1n) is 15.1. The van der Waals surface area contributed by atoms with Gasteiger partial charge in [0, 0.05) is 41.6 Å². The third-order valence-corrected chi connectivity index (χ3v) is 9.44. The summed E-state index contributed by atoms with van der Waals surface area (Å²) in [6.07, 6.45) is 17.6. The molecule has 0 amide bonds. The van der Waals surface area contributed by atoms with Crippen molar-refractivity contribution in [1.82, 2.24) is 9.97 Å². The first-order chi connectivity index (χ1) is 20.2. The minimum atomic E-state index is -0.193. The van der Waals surface area contributed by atoms with Gasteiger partial charge >= 0.3 is 11.9 Å². The lowest BCUT2D eigenvalue weighted by molar-refractivity contribution is -0.142. The highest BCUT2D eigenvalue weighted by Crippen LogP contribution is 2.24. The second kappa shape index (κ2) is 24.4. The lowest BCUT2D eigenvalue weighted by Crippen LogP contribution is -2.08. The van der Waals surface area contributed by atoms with Crippen molar-refractivity contribution < 1.29 is 19.1 Å². The standard InChI is InChI=1S/C16H25NO3S.C16H25NO2S2/c1-13-15(9-10-17-16(13)19)21-12-8-6-4-3-5-7-11-20-14(2)18;1-13-15(9-10-17-16(13)20)21-12-8-6-4-3-5-7-11-19-14(2)18/h9-10H,3-8,11-12H2,1-2H3,(H,17,19);9-10H,3-8,11-12H2,1-2H3,(H,17,20). The Balaban J connectivity index is 0.000000420. The Kier molecular flexibility index (Phi) is 22.1. The van der Waals surface area contributed by atoms with Crippen LogP contribution >= 0.6 is 35.7 Å². The van der Waals surface area contributed by atoms with E-state index in [0.717, 1.165) is 52.3 Å². The van der Waals surface area contributed by atoms with Crippen molar-refractivity contribution in [3.63, 3.8) is 0 Å². The van der Waals surface area contributed by atoms with Crippen LogP contribution in [0.5, 0.6) is 0 Å². The number of hydrogen-bond donors (Lipinski definition) is 2. The fourth-order valence-corrected chi connectivity index (χ4v) is 6.34. The molecule has 7 nitrogen and oxygen atoms in total. The molecule has 0 bridgehead atoms. The molecule has 42 heavy (non-hydrogen) atoms. The molecule has 0 aliphatic rings. The average molecular weight is 639 g/mol. The zero-order valence-corrected chi connectivity index (χ0v) is 28.3. The summed E-state index contributed by atoms with van der Waals surface area (Å²) in [6.45, 7) is 7.96. The van der Waals surface area contributed by atoms with E-state index in [0.29, 0.717) is 13.2 Å². The van der Waals surface area contributed by atoms with Gasteiger partial charge in [0.25, 0.3) is 5.56 Å². The molecule has 0 unspecified atom stereocenters. The second-order valence-corrected chi connectivity index (χ2v) is 12.9. The summed E-state index contributed by atoms with van der Waals surface area (Å²) >= 11 is 8.88. The van der Waals surface area contributed by atoms with E-state index in [1.54, 1.807) is 18.0 Å². The number of aromatic nitrogens is 2. The van der Waals surface area contributed by atoms with Gasteiger partial charge in [-0.3, -0.25) is 14.4 Å². The number of aromatic amines is 2. The van der Waals surface area contributed by atoms with Gasteiger partial charge in [0.1, 0.15) is 4.64 Å². The summed E-state index contributed by atoms with van der Waals surface area (Å²) in [5, 5.41) is 0. The van der Waals surface area contributed by atoms with Crippen molar-refractivity contribution in [2.45, 2.75) is 115 Å². The number of unbranched alkanes of at least 4 members (excludes halogenated alkanes) is 10. The van der Waals surface area contributed by atoms with E-state index in [1.807, 2.05) is 30.9 Å². The van der Waals surface area contributed by atoms with Crippen LogP contribution in [0, 0.1) is 18.5 Å². The number of ether oxygens (including phenoxy) is 2. The molecule has 0 atom stereocenters. The molecule has 2 aromatic rings. The molecule has 10 heteroatoms. The van der Waals surface area contributed by atoms with Crippen molar-refractivity contribution in [2.75, 3.05) is 24.7 Å². The summed E-state index contributed by atoms with van der Waals surface area (Å²) in [5.41, 5.74) is 2.00. The molecular formula is C32H50N2O5S3. The minimum absolute atomic E-state index is 0.00720. The van der Waals surface area contributed by atoms with Crippen molar-refractivity contribution in [1.29, 1.82) is 0 Å². The Bertz CT molecular complexity index is 1060. The summed E-state index contributed by atoms with van der Waals surface area (Å²) in [4.78, 5) is 40.7. The van der Waals surface area contributed by atoms with E-state index >= 15 is 0 Å². The maximum atomic E-state index is 11.4. The number of H-pyrrole nitrogens is 2. The fourth-order valence-electron chi connectivity index (χ4n) is 4.01. The molecule has 236 valence electrons. The zero-order valence-electron chi connectivity index (χ0n) is 25.9. The smallest absolute Gasteiger partial charge is 0.302 e. The highest BCUT2D eigenvalue weighted by Gasteiger charge is 2.03. The summed E-state index contributed by atoms with van der Waals surface area (Å²) in [6, 6.07) is 4.07. The number of carbonyl (C=O) groups is 2. The summed E-state index contributed by atoms with van der Waals surface area (Å²) in [5.74, 6) is 1.83. The monoisotopic (exact) mass is 638 g/mol. The Labute approximate surface area is 265 Å². The normalized spacial score (nSPS) is 10.6. The third kappa shape index (κ3) is 19.2. The Morgan fingerprint density at radius 3 is 1.55 bits per heavy atom. The molecule has 0 fully saturated rings. The van der Waals surface area contributed by atoms with Crippen LogP contribution < -0.4 is 5.56 Å². The van der Waals surface area contributed by atoms with Crippen molar-refractivity contribution in [3.05, 3.63) is 50.6 Å². The average Bonchev–Trinajstić information content (AvgIpc) is 2.95. The van der Waals surface area contributed by atoms with Crippen molar-refractivity contribution in [3.8, 4) is 0 Å². The number of thioether (sulfide) groups is 2. The molecule has 0 saturated heterocycles. The molecule has 0 saturated carbocycles. The molecule has 2 aromatic heterocycles. The zero-order chi connectivity index (χ0) is 31.0. The highest BCUT2D eigenvalue weighted by atomic mass is 32.2. The van der Waals surface area contributed by atoms with Gasteiger partial charge < -0.3 is 19.4 Å². The highest BCUT2D eigenvalue weighted by molar-refractivity contribution is 7.99. The van der Waals surface area contributed by atoms with Crippen LogP contribution in [0.3, 0.4) is 0 Å². The topological polar surface area (TPSA) is 101 Å². The number of rotatable bonds is 20. The maximum absolute atomic E-state index is 11.4. The largest absolute Gasteiger partial charge is 0.466 e. The molecule has 2 heterocycles. The molecular weight excluding hydrogens is 589 g/mol. The van der Waals surface area contributed by atoms with Gasteiger partial charge in [-0.25, -0.2) is 0 Å². The van der Waals surface area contributed by atoms with E-state index in [-0.39, 0.29) is 17.5 Å². The van der Waals surface area contributed by atoms with Crippen LogP contribution in [0.2, 0.25) is 0 Å². The molecule has 0 radical (unpaired) electrons. The predicted molar refractivity (Wildman–Crippen MR) is 178 cm³/mol. The quantitative estimate of drug-likeness (QED) is 0.0643. The second-order valence-electron chi connectivity index (χ2n) is 10.2. The van der Waals surface area contributed by atoms with Gasteiger partial charge in [-0.2, -0.15) is 0 Å². The van der Waals surface area contributed by atoms with E-state index in [4.69, 9.17) is 21.7 Å². The van der Waals surface area contributed by atoms with Gasteiger partial charge in [-0.05, 0) is 68.7 Å². The molecule has 0 aromatic carbocycles. The van der Waals surface area contributed by atoms with Gasteiger partial charge in [0.15, 0.2) is 0 Å². The van der Waals surface area contributed by atoms with Crippen LogP contribution in [-0.2, 0) is 19.1 Å². The molecule has 0 aliphatic heterocycles. The van der Waals surface area contributed by atoms with Crippen LogP contribution in [0.25, 0.3) is 0 Å². The van der Waals surface area contributed by atoms with E-state index in [2.05, 4.69) is 23.0 Å². The molecule has 2 N–H and O–H groups in total. The fraction of sp³-hybridized carbons (Fsp3) is 0.625. The van der Waals surface area contributed by atoms with E-state index < -0.39 is 0 Å². The van der Waals surface area contributed by atoms with Gasteiger partial charge in [0.2, 0.25) is 0 Å². The van der Waals surface area contributed by atoms with Crippen LogP contribution in [0.4, 0.5) is 0 Å². The van der Waals surface area contributed by atoms with E-state index in [9.17, 15) is 14.4 Å². The Morgan fingerprint density at radius 1 is 0.667 bits per heavy atom. The van der Waals surface area contributed by atoms with Gasteiger partial charge in [-0.15, -0.1) is 23.5 Å². The Hall–Kier alpha value is -2.04. The van der Waals surface area contributed by atoms with Gasteiger partial charge in [0.05, 0.1) is 13.2 Å². The molecule has 2 rings (SSSR count). The number of pyridine rings is 2. The molecule has 0 aliphatic carbocycles. The van der Waals surface area contributed by atoms with Crippen LogP contribution in [0.1, 0.15) is 102 Å². The van der Waals surface area contributed by atoms with Crippen LogP contribution in [-0.4, -0.2) is 46.6 Å². The first kappa shape index (κ1) is 38.0. The number of hydrogen-bond acceptors (Lipinski definition) is 8. The Morgan fingerprint density at radius 2 is 1.07 bits per heavy atom.